The summed E-state index contributed by atoms with van der Waals surface area (Å²) < 4.78 is 45.0. The lowest BCUT2D eigenvalue weighted by Crippen LogP contribution is -2.52. The summed E-state index contributed by atoms with van der Waals surface area (Å²) in [5.41, 5.74) is 1.03. The Bertz CT molecular complexity index is 1430. The van der Waals surface area contributed by atoms with Crippen LogP contribution in [0, 0.1) is 0 Å². The Hall–Kier alpha value is -4.25. The Balaban J connectivity index is 2.07. The number of ether oxygens (including phenoxy) is 3. The van der Waals surface area contributed by atoms with E-state index in [-0.39, 0.29) is 23.1 Å². The lowest BCUT2D eigenvalue weighted by Gasteiger charge is -2.33. The van der Waals surface area contributed by atoms with E-state index in [0.717, 1.165) is 9.87 Å². The SMILES string of the molecule is CCNC(=O)C(CC)N(Cc1cccc(OC)c1)C(=O)CN(c1ccccc1)S(=O)(=O)c1ccc(OC)c(OC)c1. The minimum atomic E-state index is -4.26. The maximum absolute atomic E-state index is 14.1. The second-order valence-corrected chi connectivity index (χ2v) is 10.9. The zero-order valence-corrected chi connectivity index (χ0v) is 24.8. The van der Waals surface area contributed by atoms with Crippen molar-refractivity contribution in [3.63, 3.8) is 0 Å². The number of nitrogens with zero attached hydrogens (tertiary/aromatic N) is 2. The average molecular weight is 584 g/mol. The highest BCUT2D eigenvalue weighted by molar-refractivity contribution is 7.92. The van der Waals surface area contributed by atoms with Crippen molar-refractivity contribution in [1.82, 2.24) is 10.2 Å². The quantitative estimate of drug-likeness (QED) is 0.307. The summed E-state index contributed by atoms with van der Waals surface area (Å²) in [6.45, 7) is 3.53. The van der Waals surface area contributed by atoms with E-state index >= 15 is 0 Å². The van der Waals surface area contributed by atoms with Crippen molar-refractivity contribution in [2.45, 2.75) is 37.8 Å². The Labute approximate surface area is 241 Å². The van der Waals surface area contributed by atoms with E-state index < -0.39 is 28.5 Å². The number of sulfonamides is 1. The topological polar surface area (TPSA) is 114 Å². The van der Waals surface area contributed by atoms with Gasteiger partial charge in [0.2, 0.25) is 11.8 Å². The van der Waals surface area contributed by atoms with Crippen LogP contribution in [-0.4, -0.2) is 65.6 Å². The predicted octanol–water partition coefficient (Wildman–Crippen LogP) is 3.85. The number of para-hydroxylation sites is 1. The van der Waals surface area contributed by atoms with Gasteiger partial charge in [0.1, 0.15) is 18.3 Å². The van der Waals surface area contributed by atoms with Crippen molar-refractivity contribution < 1.29 is 32.2 Å². The molecule has 0 aliphatic heterocycles. The first-order valence-corrected chi connectivity index (χ1v) is 14.6. The van der Waals surface area contributed by atoms with Gasteiger partial charge in [-0.05, 0) is 55.3 Å². The molecular weight excluding hydrogens is 546 g/mol. The third kappa shape index (κ3) is 7.49. The molecule has 1 unspecified atom stereocenters. The highest BCUT2D eigenvalue weighted by atomic mass is 32.2. The minimum absolute atomic E-state index is 0.0741. The van der Waals surface area contributed by atoms with E-state index in [1.165, 1.54) is 37.3 Å². The highest BCUT2D eigenvalue weighted by Crippen LogP contribution is 2.32. The molecule has 0 saturated heterocycles. The van der Waals surface area contributed by atoms with Crippen LogP contribution in [0.4, 0.5) is 5.69 Å². The lowest BCUT2D eigenvalue weighted by atomic mass is 10.1. The number of hydrogen-bond acceptors (Lipinski definition) is 7. The molecule has 3 rings (SSSR count). The highest BCUT2D eigenvalue weighted by Gasteiger charge is 2.34. The molecule has 0 radical (unpaired) electrons. The van der Waals surface area contributed by atoms with Crippen LogP contribution in [0.2, 0.25) is 0 Å². The second kappa shape index (κ2) is 14.4. The normalized spacial score (nSPS) is 11.7. The molecule has 3 aromatic carbocycles. The summed E-state index contributed by atoms with van der Waals surface area (Å²) in [5, 5.41) is 2.79. The Morgan fingerprint density at radius 3 is 2.17 bits per heavy atom. The molecule has 0 fully saturated rings. The maximum Gasteiger partial charge on any atom is 0.264 e. The molecular formula is C30H37N3O7S. The first-order valence-electron chi connectivity index (χ1n) is 13.2. The molecule has 0 aromatic heterocycles. The van der Waals surface area contributed by atoms with Crippen LogP contribution < -0.4 is 23.8 Å². The first-order chi connectivity index (χ1) is 19.7. The number of methoxy groups -OCH3 is 3. The number of likely N-dealkylation sites (N-methyl/N-ethyl adjacent to an activating group) is 1. The summed E-state index contributed by atoms with van der Waals surface area (Å²) in [5.74, 6) is 0.336. The van der Waals surface area contributed by atoms with Gasteiger partial charge in [0.15, 0.2) is 11.5 Å². The minimum Gasteiger partial charge on any atom is -0.497 e. The van der Waals surface area contributed by atoms with E-state index in [1.54, 1.807) is 69.5 Å². The third-order valence-electron chi connectivity index (χ3n) is 6.49. The fraction of sp³-hybridized carbons (Fsp3) is 0.333. The van der Waals surface area contributed by atoms with E-state index in [2.05, 4.69) is 5.32 Å². The van der Waals surface area contributed by atoms with Crippen LogP contribution in [-0.2, 0) is 26.2 Å². The first kappa shape index (κ1) is 31.3. The van der Waals surface area contributed by atoms with E-state index in [1.807, 2.05) is 6.07 Å². The third-order valence-corrected chi connectivity index (χ3v) is 8.26. The fourth-order valence-electron chi connectivity index (χ4n) is 4.41. The van der Waals surface area contributed by atoms with Crippen LogP contribution in [0.15, 0.2) is 77.7 Å². The molecule has 220 valence electrons. The molecule has 0 bridgehead atoms. The zero-order chi connectivity index (χ0) is 30.0. The summed E-state index contributed by atoms with van der Waals surface area (Å²) in [6.07, 6.45) is 0.329. The Kier molecular flexibility index (Phi) is 11.0. The van der Waals surface area contributed by atoms with E-state index in [0.29, 0.717) is 30.2 Å². The van der Waals surface area contributed by atoms with Crippen LogP contribution in [0.1, 0.15) is 25.8 Å². The van der Waals surface area contributed by atoms with Gasteiger partial charge in [0.05, 0.1) is 31.9 Å². The van der Waals surface area contributed by atoms with Gasteiger partial charge in [0, 0.05) is 19.2 Å². The molecule has 1 N–H and O–H groups in total. The zero-order valence-electron chi connectivity index (χ0n) is 24.0. The van der Waals surface area contributed by atoms with Gasteiger partial charge in [-0.25, -0.2) is 8.42 Å². The van der Waals surface area contributed by atoms with Gasteiger partial charge >= 0.3 is 0 Å². The number of rotatable bonds is 14. The summed E-state index contributed by atoms with van der Waals surface area (Å²) in [6, 6.07) is 18.9. The molecule has 41 heavy (non-hydrogen) atoms. The van der Waals surface area contributed by atoms with Gasteiger partial charge < -0.3 is 24.4 Å². The summed E-state index contributed by atoms with van der Waals surface area (Å²) in [7, 11) is 0.154. The van der Waals surface area contributed by atoms with E-state index in [9.17, 15) is 18.0 Å². The predicted molar refractivity (Wildman–Crippen MR) is 157 cm³/mol. The monoisotopic (exact) mass is 583 g/mol. The number of nitrogens with one attached hydrogen (secondary N) is 1. The van der Waals surface area contributed by atoms with Gasteiger partial charge in [-0.2, -0.15) is 0 Å². The van der Waals surface area contributed by atoms with Gasteiger partial charge in [-0.1, -0.05) is 37.3 Å². The molecule has 0 aliphatic carbocycles. The summed E-state index contributed by atoms with van der Waals surface area (Å²) >= 11 is 0. The van der Waals surface area contributed by atoms with Crippen LogP contribution in [0.25, 0.3) is 0 Å². The number of anilines is 1. The van der Waals surface area contributed by atoms with Crippen LogP contribution >= 0.6 is 0 Å². The number of benzene rings is 3. The van der Waals surface area contributed by atoms with Gasteiger partial charge in [-0.15, -0.1) is 0 Å². The maximum atomic E-state index is 14.1. The van der Waals surface area contributed by atoms with Crippen LogP contribution in [0.5, 0.6) is 17.2 Å². The van der Waals surface area contributed by atoms with Crippen molar-refractivity contribution in [3.8, 4) is 17.2 Å². The molecule has 0 saturated carbocycles. The van der Waals surface area contributed by atoms with Crippen LogP contribution in [0.3, 0.4) is 0 Å². The largest absolute Gasteiger partial charge is 0.497 e. The fourth-order valence-corrected chi connectivity index (χ4v) is 5.84. The Morgan fingerprint density at radius 2 is 1.56 bits per heavy atom. The molecule has 2 amide bonds. The summed E-state index contributed by atoms with van der Waals surface area (Å²) in [4.78, 5) is 28.4. The van der Waals surface area contributed by atoms with Crippen molar-refractivity contribution in [3.05, 3.63) is 78.4 Å². The molecule has 0 aliphatic rings. The van der Waals surface area contributed by atoms with Gasteiger partial charge in [0.25, 0.3) is 10.0 Å². The molecule has 10 nitrogen and oxygen atoms in total. The average Bonchev–Trinajstić information content (AvgIpc) is 2.99. The molecule has 0 spiro atoms. The molecule has 11 heteroatoms. The van der Waals surface area contributed by atoms with Crippen molar-refractivity contribution in [2.24, 2.45) is 0 Å². The molecule has 3 aromatic rings. The smallest absolute Gasteiger partial charge is 0.264 e. The Morgan fingerprint density at radius 1 is 0.854 bits per heavy atom. The van der Waals surface area contributed by atoms with Crippen molar-refractivity contribution >= 4 is 27.5 Å². The number of carbonyl (C=O) groups is 2. The molecule has 1 atom stereocenters. The number of carbonyl (C=O) groups excluding carboxylic acids is 2. The van der Waals surface area contributed by atoms with Gasteiger partial charge in [-0.3, -0.25) is 13.9 Å². The lowest BCUT2D eigenvalue weighted by molar-refractivity contribution is -0.140. The molecule has 0 heterocycles. The van der Waals surface area contributed by atoms with E-state index in [4.69, 9.17) is 14.2 Å². The second-order valence-electron chi connectivity index (χ2n) is 9.06. The standard InChI is InChI=1S/C30H37N3O7S/c1-6-26(30(35)31-7-2)32(20-22-12-11-15-24(18-22)38-3)29(34)21-33(23-13-9-8-10-14-23)41(36,37)25-16-17-27(39-4)28(19-25)40-5/h8-19,26H,6-7,20-21H2,1-5H3,(H,31,35). The van der Waals surface area contributed by atoms with Crippen molar-refractivity contribution in [1.29, 1.82) is 0 Å². The number of amides is 2. The number of hydrogen-bond donors (Lipinski definition) is 1. The van der Waals surface area contributed by atoms with Crippen molar-refractivity contribution in [2.75, 3.05) is 38.7 Å².